The van der Waals surface area contributed by atoms with Crippen molar-refractivity contribution in [2.45, 2.75) is 13.8 Å². The van der Waals surface area contributed by atoms with E-state index < -0.39 is 0 Å². The van der Waals surface area contributed by atoms with Crippen molar-refractivity contribution in [2.24, 2.45) is 0 Å². The molecule has 0 saturated heterocycles. The zero-order chi connectivity index (χ0) is 14.3. The van der Waals surface area contributed by atoms with Crippen LogP contribution in [0.1, 0.15) is 12.5 Å². The minimum Gasteiger partial charge on any atom is -0.484 e. The van der Waals surface area contributed by atoms with Gasteiger partial charge in [0.25, 0.3) is 5.91 Å². The van der Waals surface area contributed by atoms with Crippen LogP contribution in [0, 0.1) is 6.92 Å². The summed E-state index contributed by atoms with van der Waals surface area (Å²) in [5.74, 6) is -0.00731. The van der Waals surface area contributed by atoms with Gasteiger partial charge >= 0.3 is 0 Å². The molecule has 0 radical (unpaired) electrons. The predicted octanol–water partition coefficient (Wildman–Crippen LogP) is 1.28. The molecule has 1 aromatic rings. The van der Waals surface area contributed by atoms with Crippen LogP contribution in [0.15, 0.2) is 18.2 Å². The number of ether oxygens (including phenoxy) is 1. The van der Waals surface area contributed by atoms with Crippen molar-refractivity contribution in [3.8, 4) is 5.75 Å². The first-order valence-corrected chi connectivity index (χ1v) is 6.33. The molecule has 104 valence electrons. The lowest BCUT2D eigenvalue weighted by Gasteiger charge is -2.08. The van der Waals surface area contributed by atoms with Gasteiger partial charge in [0, 0.05) is 11.6 Å². The Kier molecular flexibility index (Phi) is 6.15. The Balaban J connectivity index is 2.33. The molecule has 5 nitrogen and oxygen atoms in total. The number of carbonyl (C=O) groups is 2. The van der Waals surface area contributed by atoms with E-state index in [1.165, 1.54) is 0 Å². The third-order valence-electron chi connectivity index (χ3n) is 2.32. The highest BCUT2D eigenvalue weighted by atomic mass is 35.5. The van der Waals surface area contributed by atoms with Gasteiger partial charge in [-0.15, -0.1) is 0 Å². The minimum atomic E-state index is -0.348. The van der Waals surface area contributed by atoms with Gasteiger partial charge in [-0.2, -0.15) is 0 Å². The molecular weight excluding hydrogens is 268 g/mol. The van der Waals surface area contributed by atoms with Gasteiger partial charge in [0.2, 0.25) is 5.91 Å². The summed E-state index contributed by atoms with van der Waals surface area (Å²) in [6.45, 7) is 4.02. The number of likely N-dealkylation sites (N-methyl/N-ethyl adjacent to an activating group) is 1. The molecular formula is C13H17ClN2O3. The van der Waals surface area contributed by atoms with Crippen LogP contribution in [0.4, 0.5) is 0 Å². The van der Waals surface area contributed by atoms with Crippen molar-refractivity contribution in [1.29, 1.82) is 0 Å². The molecule has 0 aliphatic rings. The van der Waals surface area contributed by atoms with E-state index in [0.717, 1.165) is 5.56 Å². The summed E-state index contributed by atoms with van der Waals surface area (Å²) in [5.41, 5.74) is 0.877. The Morgan fingerprint density at radius 3 is 2.63 bits per heavy atom. The molecule has 0 saturated carbocycles. The lowest BCUT2D eigenvalue weighted by molar-refractivity contribution is -0.127. The summed E-state index contributed by atoms with van der Waals surface area (Å²) >= 11 is 5.88. The predicted molar refractivity (Wildman–Crippen MR) is 73.4 cm³/mol. The summed E-state index contributed by atoms with van der Waals surface area (Å²) < 4.78 is 5.29. The van der Waals surface area contributed by atoms with E-state index in [-0.39, 0.29) is 25.0 Å². The fraction of sp³-hybridized carbons (Fsp3) is 0.385. The van der Waals surface area contributed by atoms with E-state index >= 15 is 0 Å². The molecule has 0 atom stereocenters. The van der Waals surface area contributed by atoms with Gasteiger partial charge in [0.1, 0.15) is 5.75 Å². The summed E-state index contributed by atoms with van der Waals surface area (Å²) in [5, 5.41) is 5.69. The molecule has 0 unspecified atom stereocenters. The molecule has 0 aromatic heterocycles. The van der Waals surface area contributed by atoms with Crippen LogP contribution in [-0.2, 0) is 9.59 Å². The van der Waals surface area contributed by atoms with E-state index in [4.69, 9.17) is 16.3 Å². The Labute approximate surface area is 117 Å². The number of aryl methyl sites for hydroxylation is 1. The maximum absolute atomic E-state index is 11.4. The first-order valence-electron chi connectivity index (χ1n) is 5.95. The van der Waals surface area contributed by atoms with Gasteiger partial charge in [-0.25, -0.2) is 0 Å². The number of carbonyl (C=O) groups excluding carboxylic acids is 2. The summed E-state index contributed by atoms with van der Waals surface area (Å²) in [6, 6.07) is 5.14. The molecule has 19 heavy (non-hydrogen) atoms. The van der Waals surface area contributed by atoms with Crippen LogP contribution in [0.5, 0.6) is 5.75 Å². The molecule has 0 heterocycles. The van der Waals surface area contributed by atoms with Crippen LogP contribution in [-0.4, -0.2) is 31.5 Å². The van der Waals surface area contributed by atoms with Gasteiger partial charge < -0.3 is 15.4 Å². The minimum absolute atomic E-state index is 0.0460. The Hall–Kier alpha value is -1.75. The Morgan fingerprint density at radius 1 is 1.26 bits per heavy atom. The third-order valence-corrected chi connectivity index (χ3v) is 2.74. The van der Waals surface area contributed by atoms with Crippen molar-refractivity contribution in [2.75, 3.05) is 19.7 Å². The molecule has 1 aromatic carbocycles. The fourth-order valence-corrected chi connectivity index (χ4v) is 1.46. The lowest BCUT2D eigenvalue weighted by atomic mass is 10.2. The Bertz CT molecular complexity index is 463. The van der Waals surface area contributed by atoms with Gasteiger partial charge in [-0.05, 0) is 37.6 Å². The number of amides is 2. The second-order valence-corrected chi connectivity index (χ2v) is 4.34. The zero-order valence-corrected chi connectivity index (χ0v) is 11.7. The molecule has 0 aliphatic carbocycles. The molecule has 0 bridgehead atoms. The summed E-state index contributed by atoms with van der Waals surface area (Å²) in [4.78, 5) is 22.6. The summed E-state index contributed by atoms with van der Waals surface area (Å²) in [7, 11) is 0. The number of hydrogen-bond donors (Lipinski definition) is 2. The average Bonchev–Trinajstić information content (AvgIpc) is 2.38. The first kappa shape index (κ1) is 15.3. The van der Waals surface area contributed by atoms with Crippen molar-refractivity contribution in [3.05, 3.63) is 28.8 Å². The quantitative estimate of drug-likeness (QED) is 0.827. The van der Waals surface area contributed by atoms with E-state index in [1.54, 1.807) is 18.2 Å². The molecule has 0 fully saturated rings. The maximum atomic E-state index is 11.4. The monoisotopic (exact) mass is 284 g/mol. The lowest BCUT2D eigenvalue weighted by Crippen LogP contribution is -2.38. The molecule has 2 amide bonds. The highest BCUT2D eigenvalue weighted by Gasteiger charge is 2.06. The van der Waals surface area contributed by atoms with Crippen molar-refractivity contribution < 1.29 is 14.3 Å². The Morgan fingerprint density at radius 2 is 2.00 bits per heavy atom. The van der Waals surface area contributed by atoms with Crippen LogP contribution in [0.2, 0.25) is 5.02 Å². The third kappa shape index (κ3) is 5.61. The zero-order valence-electron chi connectivity index (χ0n) is 11.0. The molecule has 0 spiro atoms. The van der Waals surface area contributed by atoms with Crippen LogP contribution in [0.3, 0.4) is 0 Å². The average molecular weight is 285 g/mol. The number of benzene rings is 1. The second-order valence-electron chi connectivity index (χ2n) is 3.93. The smallest absolute Gasteiger partial charge is 0.258 e. The van der Waals surface area contributed by atoms with E-state index in [2.05, 4.69) is 10.6 Å². The van der Waals surface area contributed by atoms with Crippen molar-refractivity contribution >= 4 is 23.4 Å². The number of hydrogen-bond acceptors (Lipinski definition) is 3. The summed E-state index contributed by atoms with van der Waals surface area (Å²) in [6.07, 6.45) is 0. The van der Waals surface area contributed by atoms with Crippen molar-refractivity contribution in [1.82, 2.24) is 10.6 Å². The van der Waals surface area contributed by atoms with Gasteiger partial charge in [-0.1, -0.05) is 11.6 Å². The van der Waals surface area contributed by atoms with E-state index in [9.17, 15) is 9.59 Å². The van der Waals surface area contributed by atoms with Gasteiger partial charge in [-0.3, -0.25) is 9.59 Å². The second kappa shape index (κ2) is 7.63. The molecule has 2 N–H and O–H groups in total. The van der Waals surface area contributed by atoms with Gasteiger partial charge in [0.15, 0.2) is 6.61 Å². The van der Waals surface area contributed by atoms with Crippen LogP contribution in [0.25, 0.3) is 0 Å². The van der Waals surface area contributed by atoms with Crippen molar-refractivity contribution in [3.63, 3.8) is 0 Å². The largest absolute Gasteiger partial charge is 0.484 e. The highest BCUT2D eigenvalue weighted by molar-refractivity contribution is 6.31. The first-order chi connectivity index (χ1) is 9.02. The topological polar surface area (TPSA) is 67.4 Å². The fourth-order valence-electron chi connectivity index (χ4n) is 1.35. The SMILES string of the molecule is CCNC(=O)CNC(=O)COc1ccc(Cl)c(C)c1. The highest BCUT2D eigenvalue weighted by Crippen LogP contribution is 2.20. The number of nitrogens with one attached hydrogen (secondary N) is 2. The molecule has 6 heteroatoms. The maximum Gasteiger partial charge on any atom is 0.258 e. The van der Waals surface area contributed by atoms with E-state index in [1.807, 2.05) is 13.8 Å². The number of rotatable bonds is 6. The van der Waals surface area contributed by atoms with Crippen LogP contribution >= 0.6 is 11.6 Å². The number of halogens is 1. The van der Waals surface area contributed by atoms with Gasteiger partial charge in [0.05, 0.1) is 6.54 Å². The normalized spacial score (nSPS) is 9.84. The molecule has 1 rings (SSSR count). The molecule has 0 aliphatic heterocycles. The van der Waals surface area contributed by atoms with Crippen LogP contribution < -0.4 is 15.4 Å². The standard InChI is InChI=1S/C13H17ClN2O3/c1-3-15-12(17)7-16-13(18)8-19-10-4-5-11(14)9(2)6-10/h4-6H,3,7-8H2,1-2H3,(H,15,17)(H,16,18). The van der Waals surface area contributed by atoms with E-state index in [0.29, 0.717) is 17.3 Å².